The van der Waals surface area contributed by atoms with Crippen molar-refractivity contribution in [1.82, 2.24) is 14.5 Å². The third-order valence-corrected chi connectivity index (χ3v) is 4.39. The number of nitrogens with zero attached hydrogens (tertiary/aromatic N) is 3. The van der Waals surface area contributed by atoms with Gasteiger partial charge in [0.15, 0.2) is 5.65 Å². The fourth-order valence-corrected chi connectivity index (χ4v) is 3.10. The van der Waals surface area contributed by atoms with E-state index >= 15 is 0 Å². The molecule has 0 aliphatic rings. The van der Waals surface area contributed by atoms with E-state index in [-0.39, 0.29) is 5.38 Å². The van der Waals surface area contributed by atoms with Gasteiger partial charge >= 0.3 is 0 Å². The van der Waals surface area contributed by atoms with Crippen LogP contribution in [-0.4, -0.2) is 14.5 Å². The van der Waals surface area contributed by atoms with E-state index in [0.717, 1.165) is 35.5 Å². The lowest BCUT2D eigenvalue weighted by Crippen LogP contribution is -2.18. The van der Waals surface area contributed by atoms with E-state index in [1.807, 2.05) is 26.0 Å². The van der Waals surface area contributed by atoms with Gasteiger partial charge in [0.1, 0.15) is 11.3 Å². The van der Waals surface area contributed by atoms with E-state index < -0.39 is 0 Å². The number of rotatable bonds is 5. The molecular formula is C16H24ClN3. The largest absolute Gasteiger partial charge is 0.308 e. The average Bonchev–Trinajstić information content (AvgIpc) is 2.78. The Morgan fingerprint density at radius 3 is 2.35 bits per heavy atom. The van der Waals surface area contributed by atoms with Crippen LogP contribution in [0.5, 0.6) is 0 Å². The Labute approximate surface area is 126 Å². The van der Waals surface area contributed by atoms with Crippen molar-refractivity contribution in [2.75, 3.05) is 0 Å². The Balaban J connectivity index is 2.64. The smallest absolute Gasteiger partial charge is 0.160 e. The van der Waals surface area contributed by atoms with Crippen molar-refractivity contribution in [2.45, 2.75) is 58.9 Å². The molecule has 0 spiro atoms. The summed E-state index contributed by atoms with van der Waals surface area (Å²) in [5.41, 5.74) is 2.92. The monoisotopic (exact) mass is 293 g/mol. The Morgan fingerprint density at radius 2 is 1.80 bits per heavy atom. The molecule has 0 saturated heterocycles. The SMILES string of the molecule is CCC(CC)C(C)n1c(C(C)Cl)nc2ccc(C)nc21. The predicted octanol–water partition coefficient (Wildman–Crippen LogP) is 5.04. The molecule has 0 saturated carbocycles. The van der Waals surface area contributed by atoms with Gasteiger partial charge in [0.2, 0.25) is 0 Å². The normalized spacial score (nSPS) is 14.9. The molecule has 0 aliphatic heterocycles. The van der Waals surface area contributed by atoms with Crippen molar-refractivity contribution in [1.29, 1.82) is 0 Å². The van der Waals surface area contributed by atoms with Gasteiger partial charge in [0, 0.05) is 11.7 Å². The Morgan fingerprint density at radius 1 is 1.15 bits per heavy atom. The minimum absolute atomic E-state index is 0.110. The maximum atomic E-state index is 6.34. The van der Waals surface area contributed by atoms with Crippen LogP contribution in [0.1, 0.15) is 63.5 Å². The van der Waals surface area contributed by atoms with Crippen molar-refractivity contribution in [2.24, 2.45) is 5.92 Å². The molecule has 2 atom stereocenters. The number of halogens is 1. The van der Waals surface area contributed by atoms with Crippen molar-refractivity contribution >= 4 is 22.8 Å². The molecule has 0 aliphatic carbocycles. The minimum Gasteiger partial charge on any atom is -0.308 e. The molecule has 20 heavy (non-hydrogen) atoms. The highest BCUT2D eigenvalue weighted by Crippen LogP contribution is 2.32. The number of aryl methyl sites for hydroxylation is 1. The molecule has 0 fully saturated rings. The standard InChI is InChI=1S/C16H24ClN3/c1-6-13(7-2)12(5)20-15(11(4)17)19-14-9-8-10(3)18-16(14)20/h8-9,11-13H,6-7H2,1-5H3. The Hall–Kier alpha value is -1.09. The number of hydrogen-bond acceptors (Lipinski definition) is 2. The number of imidazole rings is 1. The van der Waals surface area contributed by atoms with E-state index in [1.54, 1.807) is 0 Å². The second-order valence-electron chi connectivity index (χ2n) is 5.57. The molecule has 0 N–H and O–H groups in total. The highest BCUT2D eigenvalue weighted by Gasteiger charge is 2.24. The van der Waals surface area contributed by atoms with Crippen LogP contribution in [-0.2, 0) is 0 Å². The predicted molar refractivity (Wildman–Crippen MR) is 85.3 cm³/mol. The van der Waals surface area contributed by atoms with Gasteiger partial charge in [0.05, 0.1) is 5.38 Å². The van der Waals surface area contributed by atoms with Gasteiger partial charge in [-0.25, -0.2) is 9.97 Å². The van der Waals surface area contributed by atoms with Crippen molar-refractivity contribution in [3.63, 3.8) is 0 Å². The van der Waals surface area contributed by atoms with E-state index in [9.17, 15) is 0 Å². The van der Waals surface area contributed by atoms with Crippen LogP contribution in [0.25, 0.3) is 11.2 Å². The van der Waals surface area contributed by atoms with Crippen LogP contribution < -0.4 is 0 Å². The third kappa shape index (κ3) is 2.69. The summed E-state index contributed by atoms with van der Waals surface area (Å²) < 4.78 is 2.25. The first kappa shape index (κ1) is 15.3. The average molecular weight is 294 g/mol. The maximum absolute atomic E-state index is 6.34. The highest BCUT2D eigenvalue weighted by molar-refractivity contribution is 6.20. The summed E-state index contributed by atoms with van der Waals surface area (Å²) in [6.45, 7) is 10.7. The molecule has 0 aromatic carbocycles. The zero-order chi connectivity index (χ0) is 14.9. The Kier molecular flexibility index (Phi) is 4.69. The summed E-state index contributed by atoms with van der Waals surface area (Å²) in [7, 11) is 0. The van der Waals surface area contributed by atoms with Crippen LogP contribution in [0, 0.1) is 12.8 Å². The summed E-state index contributed by atoms with van der Waals surface area (Å²) in [6, 6.07) is 4.40. The van der Waals surface area contributed by atoms with Crippen LogP contribution >= 0.6 is 11.6 Å². The number of aromatic nitrogens is 3. The number of hydrogen-bond donors (Lipinski definition) is 0. The summed E-state index contributed by atoms with van der Waals surface area (Å²) in [4.78, 5) is 9.39. The molecule has 110 valence electrons. The first-order valence-electron chi connectivity index (χ1n) is 7.49. The highest BCUT2D eigenvalue weighted by atomic mass is 35.5. The molecule has 2 heterocycles. The first-order chi connectivity index (χ1) is 9.49. The van der Waals surface area contributed by atoms with Crippen molar-refractivity contribution in [3.05, 3.63) is 23.7 Å². The van der Waals surface area contributed by atoms with E-state index in [2.05, 4.69) is 25.3 Å². The lowest BCUT2D eigenvalue weighted by Gasteiger charge is -2.25. The molecule has 0 radical (unpaired) electrons. The number of fused-ring (bicyclic) bond motifs is 1. The van der Waals surface area contributed by atoms with Gasteiger partial charge in [-0.2, -0.15) is 0 Å². The molecule has 4 heteroatoms. The third-order valence-electron chi connectivity index (χ3n) is 4.20. The summed E-state index contributed by atoms with van der Waals surface area (Å²) in [5, 5.41) is -0.110. The lowest BCUT2D eigenvalue weighted by atomic mass is 9.95. The fourth-order valence-electron chi connectivity index (χ4n) is 2.95. The molecule has 3 nitrogen and oxygen atoms in total. The van der Waals surface area contributed by atoms with Gasteiger partial charge in [-0.3, -0.25) is 0 Å². The molecule has 2 unspecified atom stereocenters. The first-order valence-corrected chi connectivity index (χ1v) is 7.92. The van der Waals surface area contributed by atoms with Gasteiger partial charge in [-0.15, -0.1) is 11.6 Å². The van der Waals surface area contributed by atoms with Crippen LogP contribution in [0.4, 0.5) is 0 Å². The quantitative estimate of drug-likeness (QED) is 0.723. The number of pyridine rings is 1. The second-order valence-corrected chi connectivity index (χ2v) is 6.22. The Bertz CT molecular complexity index is 585. The van der Waals surface area contributed by atoms with Gasteiger partial charge in [-0.05, 0) is 38.8 Å². The molecule has 0 bridgehead atoms. The van der Waals surface area contributed by atoms with Crippen LogP contribution in [0.3, 0.4) is 0 Å². The minimum atomic E-state index is -0.110. The maximum Gasteiger partial charge on any atom is 0.160 e. The van der Waals surface area contributed by atoms with E-state index in [0.29, 0.717) is 12.0 Å². The van der Waals surface area contributed by atoms with Gasteiger partial charge in [0.25, 0.3) is 0 Å². The zero-order valence-corrected chi connectivity index (χ0v) is 13.8. The zero-order valence-electron chi connectivity index (χ0n) is 13.0. The molecular weight excluding hydrogens is 270 g/mol. The lowest BCUT2D eigenvalue weighted by molar-refractivity contribution is 0.331. The topological polar surface area (TPSA) is 30.7 Å². The number of alkyl halides is 1. The molecule has 2 aromatic rings. The van der Waals surface area contributed by atoms with E-state index in [4.69, 9.17) is 21.6 Å². The van der Waals surface area contributed by atoms with Crippen LogP contribution in [0.2, 0.25) is 0 Å². The van der Waals surface area contributed by atoms with Gasteiger partial charge in [-0.1, -0.05) is 26.7 Å². The molecule has 2 aromatic heterocycles. The summed E-state index contributed by atoms with van der Waals surface area (Å²) in [6.07, 6.45) is 2.30. The summed E-state index contributed by atoms with van der Waals surface area (Å²) >= 11 is 6.34. The van der Waals surface area contributed by atoms with Crippen molar-refractivity contribution < 1.29 is 0 Å². The van der Waals surface area contributed by atoms with Gasteiger partial charge < -0.3 is 4.57 Å². The van der Waals surface area contributed by atoms with Crippen LogP contribution in [0.15, 0.2) is 12.1 Å². The second kappa shape index (κ2) is 6.13. The fraction of sp³-hybridized carbons (Fsp3) is 0.625. The summed E-state index contributed by atoms with van der Waals surface area (Å²) in [5.74, 6) is 1.54. The van der Waals surface area contributed by atoms with E-state index in [1.165, 1.54) is 0 Å². The van der Waals surface area contributed by atoms with Crippen molar-refractivity contribution in [3.8, 4) is 0 Å². The molecule has 2 rings (SSSR count). The molecule has 0 amide bonds.